The molecule has 0 radical (unpaired) electrons. The number of aromatic nitrogens is 1. The fourth-order valence-electron chi connectivity index (χ4n) is 4.03. The molecular formula is C30H37N5O9S. The van der Waals surface area contributed by atoms with Crippen LogP contribution >= 0.6 is 0 Å². The second-order valence-electron chi connectivity index (χ2n) is 10.3. The molecule has 0 unspecified atom stereocenters. The van der Waals surface area contributed by atoms with Gasteiger partial charge in [0.1, 0.15) is 18.3 Å². The lowest BCUT2D eigenvalue weighted by molar-refractivity contribution is 0.0541. The summed E-state index contributed by atoms with van der Waals surface area (Å²) in [6.45, 7) is 5.47. The number of aliphatic hydroxyl groups is 1. The van der Waals surface area contributed by atoms with Crippen LogP contribution in [-0.2, 0) is 10.1 Å². The molecule has 2 amide bonds. The first-order chi connectivity index (χ1) is 21.0. The third-order valence-electron chi connectivity index (χ3n) is 6.30. The highest BCUT2D eigenvalue weighted by Crippen LogP contribution is 2.32. The number of aliphatic hydroxyl groups excluding tert-OH is 1. The number of nitrogens with zero attached hydrogens (tertiary/aromatic N) is 2. The molecular weight excluding hydrogens is 606 g/mol. The first-order valence-electron chi connectivity index (χ1n) is 13.5. The van der Waals surface area contributed by atoms with E-state index in [0.717, 1.165) is 0 Å². The zero-order chi connectivity index (χ0) is 34.1. The number of nitrogens with one attached hydrogen (secondary N) is 2. The minimum Gasteiger partial charge on any atom is -0.481 e. The number of nitrogens with two attached hydrogens (primary N) is 1. The predicted molar refractivity (Wildman–Crippen MR) is 168 cm³/mol. The van der Waals surface area contributed by atoms with Gasteiger partial charge in [-0.15, -0.1) is 0 Å². The van der Waals surface area contributed by atoms with Crippen LogP contribution in [0.15, 0.2) is 48.5 Å². The summed E-state index contributed by atoms with van der Waals surface area (Å²) in [6.07, 6.45) is 1.38. The number of aryl methyl sites for hydroxylation is 1. The molecule has 0 fully saturated rings. The molecule has 0 aliphatic heterocycles. The normalized spacial score (nSPS) is 10.8. The second kappa shape index (κ2) is 15.7. The van der Waals surface area contributed by atoms with E-state index >= 15 is 0 Å². The Hall–Kier alpha value is -4.86. The number of rotatable bonds is 11. The molecule has 3 rings (SSSR count). The zero-order valence-corrected chi connectivity index (χ0v) is 26.3. The van der Waals surface area contributed by atoms with Crippen molar-refractivity contribution in [2.24, 2.45) is 11.7 Å². The van der Waals surface area contributed by atoms with Crippen molar-refractivity contribution in [3.63, 3.8) is 0 Å². The minimum atomic E-state index is -3.67. The van der Waals surface area contributed by atoms with E-state index in [1.807, 2.05) is 13.8 Å². The SMILES string of the molecule is COc1ccc(-c2cc(C)c(C(=O)N(CO)CCC(C)C)cc2C(=O)O)c(C(=O)Nc2ccc(C(=N)N)cc2)n1.CS(=O)(=O)O. The van der Waals surface area contributed by atoms with Gasteiger partial charge in [0.15, 0.2) is 0 Å². The molecule has 0 aliphatic rings. The van der Waals surface area contributed by atoms with Crippen LogP contribution < -0.4 is 15.8 Å². The monoisotopic (exact) mass is 643 g/mol. The molecule has 0 aliphatic carbocycles. The number of aromatic carboxylic acids is 1. The van der Waals surface area contributed by atoms with Gasteiger partial charge in [0.05, 0.1) is 18.9 Å². The van der Waals surface area contributed by atoms with Crippen molar-refractivity contribution in [2.45, 2.75) is 27.2 Å². The van der Waals surface area contributed by atoms with Crippen LogP contribution in [-0.4, -0.2) is 83.3 Å². The Morgan fingerprint density at radius 2 is 1.67 bits per heavy atom. The van der Waals surface area contributed by atoms with Crippen LogP contribution in [0.5, 0.6) is 5.88 Å². The number of amidine groups is 1. The molecule has 1 aromatic heterocycles. The van der Waals surface area contributed by atoms with Crippen molar-refractivity contribution in [3.05, 3.63) is 76.5 Å². The van der Waals surface area contributed by atoms with Crippen LogP contribution in [0.3, 0.4) is 0 Å². The van der Waals surface area contributed by atoms with Gasteiger partial charge >= 0.3 is 5.97 Å². The average molecular weight is 644 g/mol. The van der Waals surface area contributed by atoms with Gasteiger partial charge in [0.2, 0.25) is 5.88 Å². The Morgan fingerprint density at radius 1 is 1.07 bits per heavy atom. The largest absolute Gasteiger partial charge is 0.481 e. The molecule has 7 N–H and O–H groups in total. The summed E-state index contributed by atoms with van der Waals surface area (Å²) >= 11 is 0. The van der Waals surface area contributed by atoms with Gasteiger partial charge in [-0.1, -0.05) is 13.8 Å². The first kappa shape index (κ1) is 36.3. The minimum absolute atomic E-state index is 0.0927. The van der Waals surface area contributed by atoms with E-state index in [2.05, 4.69) is 10.3 Å². The lowest BCUT2D eigenvalue weighted by Gasteiger charge is -2.23. The van der Waals surface area contributed by atoms with Crippen molar-refractivity contribution < 1.29 is 42.3 Å². The van der Waals surface area contributed by atoms with Gasteiger partial charge in [-0.05, 0) is 72.9 Å². The summed E-state index contributed by atoms with van der Waals surface area (Å²) < 4.78 is 31.1. The highest BCUT2D eigenvalue weighted by Gasteiger charge is 2.25. The Balaban J connectivity index is 0.00000130. The maximum absolute atomic E-state index is 13.4. The van der Waals surface area contributed by atoms with Crippen LogP contribution in [0.2, 0.25) is 0 Å². The molecule has 1 heterocycles. The summed E-state index contributed by atoms with van der Waals surface area (Å²) in [6, 6.07) is 12.1. The molecule has 0 bridgehead atoms. The topological polar surface area (TPSA) is 233 Å². The van der Waals surface area contributed by atoms with E-state index in [1.54, 1.807) is 31.2 Å². The lowest BCUT2D eigenvalue weighted by atomic mass is 9.92. The lowest BCUT2D eigenvalue weighted by Crippen LogP contribution is -2.34. The third kappa shape index (κ3) is 10.7. The number of benzene rings is 2. The van der Waals surface area contributed by atoms with Crippen molar-refractivity contribution in [3.8, 4) is 17.0 Å². The maximum atomic E-state index is 13.4. The number of carbonyl (C=O) groups is 3. The van der Waals surface area contributed by atoms with Gasteiger partial charge in [0.25, 0.3) is 21.9 Å². The molecule has 45 heavy (non-hydrogen) atoms. The van der Waals surface area contributed by atoms with Crippen LogP contribution in [0.25, 0.3) is 11.1 Å². The molecule has 14 nitrogen and oxygen atoms in total. The molecule has 2 aromatic carbocycles. The maximum Gasteiger partial charge on any atom is 0.336 e. The fraction of sp³-hybridized carbons (Fsp3) is 0.300. The van der Waals surface area contributed by atoms with Crippen LogP contribution in [0.4, 0.5) is 5.69 Å². The summed E-state index contributed by atoms with van der Waals surface area (Å²) in [4.78, 5) is 44.5. The summed E-state index contributed by atoms with van der Waals surface area (Å²) in [7, 11) is -2.27. The Labute approximate surface area is 261 Å². The number of nitrogen functional groups attached to an aromatic ring is 1. The van der Waals surface area contributed by atoms with E-state index in [4.69, 9.17) is 20.4 Å². The number of ether oxygens (including phenoxy) is 1. The smallest absolute Gasteiger partial charge is 0.336 e. The number of hydrogen-bond acceptors (Lipinski definition) is 9. The molecule has 242 valence electrons. The van der Waals surface area contributed by atoms with Crippen LogP contribution in [0.1, 0.15) is 62.6 Å². The van der Waals surface area contributed by atoms with Gasteiger partial charge in [-0.25, -0.2) is 9.78 Å². The van der Waals surface area contributed by atoms with E-state index in [0.29, 0.717) is 42.0 Å². The Morgan fingerprint density at radius 3 is 2.16 bits per heavy atom. The number of hydrogen-bond donors (Lipinski definition) is 6. The van der Waals surface area contributed by atoms with E-state index < -0.39 is 34.6 Å². The number of carboxylic acid groups (broad SMARTS) is 1. The number of anilines is 1. The molecule has 0 saturated heterocycles. The highest BCUT2D eigenvalue weighted by molar-refractivity contribution is 7.85. The van der Waals surface area contributed by atoms with Crippen molar-refractivity contribution in [1.29, 1.82) is 5.41 Å². The number of carboxylic acids is 1. The number of methoxy groups -OCH3 is 1. The highest BCUT2D eigenvalue weighted by atomic mass is 32.2. The second-order valence-corrected chi connectivity index (χ2v) is 11.8. The number of amides is 2. The average Bonchev–Trinajstić information content (AvgIpc) is 2.96. The molecule has 3 aromatic rings. The number of carbonyl (C=O) groups excluding carboxylic acids is 2. The number of pyridine rings is 1. The van der Waals surface area contributed by atoms with Gasteiger partial charge in [0, 0.05) is 35.0 Å². The van der Waals surface area contributed by atoms with E-state index in [9.17, 15) is 33.0 Å². The van der Waals surface area contributed by atoms with Gasteiger partial charge < -0.3 is 30.9 Å². The van der Waals surface area contributed by atoms with E-state index in [1.165, 1.54) is 36.3 Å². The van der Waals surface area contributed by atoms with Gasteiger partial charge in [-0.3, -0.25) is 19.6 Å². The Kier molecular flexibility index (Phi) is 12.7. The van der Waals surface area contributed by atoms with Gasteiger partial charge in [-0.2, -0.15) is 8.42 Å². The third-order valence-corrected chi connectivity index (χ3v) is 6.30. The molecule has 0 atom stereocenters. The van der Waals surface area contributed by atoms with Crippen molar-refractivity contribution >= 4 is 39.4 Å². The summed E-state index contributed by atoms with van der Waals surface area (Å²) in [5.74, 6) is -2.09. The molecule has 0 saturated carbocycles. The quantitative estimate of drug-likeness (QED) is 0.0768. The molecule has 15 heteroatoms. The fourth-order valence-corrected chi connectivity index (χ4v) is 4.03. The van der Waals surface area contributed by atoms with Crippen LogP contribution in [0, 0.1) is 18.3 Å². The molecule has 0 spiro atoms. The first-order valence-corrected chi connectivity index (χ1v) is 15.3. The Bertz CT molecular complexity index is 1670. The predicted octanol–water partition coefficient (Wildman–Crippen LogP) is 3.24. The van der Waals surface area contributed by atoms with Crippen molar-refractivity contribution in [1.82, 2.24) is 9.88 Å². The summed E-state index contributed by atoms with van der Waals surface area (Å²) in [5.41, 5.74) is 7.10. The zero-order valence-electron chi connectivity index (χ0n) is 25.5. The standard InChI is InChI=1S/C29H33N5O6.CH4O3S/c1-16(2)11-12-34(15-35)28(37)21-14-23(29(38)39)22(13-17(21)3)20-9-10-24(40-4)33-25(20)27(36)32-19-7-5-18(6-8-19)26(30)31;1-5(2,3)4/h5-10,13-14,16,35H,11-12,15H2,1-4H3,(H3,30,31)(H,32,36)(H,38,39);1H3,(H,2,3,4). The van der Waals surface area contributed by atoms with E-state index in [-0.39, 0.29) is 39.7 Å². The van der Waals surface area contributed by atoms with Crippen molar-refractivity contribution in [2.75, 3.05) is 32.0 Å². The summed E-state index contributed by atoms with van der Waals surface area (Å²) in [5, 5.41) is 30.1.